The molecule has 0 amide bonds. The zero-order chi connectivity index (χ0) is 16.6. The highest BCUT2D eigenvalue weighted by molar-refractivity contribution is 5.62. The Balaban J connectivity index is 2.15. The zero-order valence-corrected chi connectivity index (χ0v) is 14.0. The predicted octanol–water partition coefficient (Wildman–Crippen LogP) is 3.84. The van der Waals surface area contributed by atoms with E-state index in [0.717, 1.165) is 28.7 Å². The summed E-state index contributed by atoms with van der Waals surface area (Å²) in [6.45, 7) is 3.72. The van der Waals surface area contributed by atoms with Crippen molar-refractivity contribution in [1.82, 2.24) is 0 Å². The third kappa shape index (κ3) is 2.34. The summed E-state index contributed by atoms with van der Waals surface area (Å²) in [5, 5.41) is 10.4. The van der Waals surface area contributed by atoms with Gasteiger partial charge in [0.25, 0.3) is 0 Å². The van der Waals surface area contributed by atoms with E-state index in [0.29, 0.717) is 17.9 Å². The fraction of sp³-hybridized carbons (Fsp3) is 0.368. The van der Waals surface area contributed by atoms with Gasteiger partial charge in [-0.05, 0) is 20.3 Å². The molecule has 0 saturated carbocycles. The summed E-state index contributed by atoms with van der Waals surface area (Å²) < 4.78 is 17.6. The highest BCUT2D eigenvalue weighted by Gasteiger charge is 2.41. The van der Waals surface area contributed by atoms with Crippen molar-refractivity contribution in [3.05, 3.63) is 52.6 Å². The molecule has 1 atom stereocenters. The van der Waals surface area contributed by atoms with E-state index in [9.17, 15) is 5.11 Å². The first-order chi connectivity index (χ1) is 11.0. The van der Waals surface area contributed by atoms with Gasteiger partial charge < -0.3 is 19.3 Å². The molecule has 122 valence electrons. The monoisotopic (exact) mass is 314 g/mol. The Morgan fingerprint density at radius 3 is 2.39 bits per heavy atom. The van der Waals surface area contributed by atoms with Gasteiger partial charge in [-0.2, -0.15) is 0 Å². The van der Waals surface area contributed by atoms with E-state index in [-0.39, 0.29) is 5.75 Å². The first-order valence-electron chi connectivity index (χ1n) is 7.72. The Hall–Kier alpha value is -2.20. The fourth-order valence-electron chi connectivity index (χ4n) is 3.36. The van der Waals surface area contributed by atoms with E-state index >= 15 is 0 Å². The van der Waals surface area contributed by atoms with Crippen LogP contribution in [-0.2, 0) is 16.9 Å². The van der Waals surface area contributed by atoms with E-state index in [4.69, 9.17) is 14.2 Å². The Bertz CT molecular complexity index is 724. The molecule has 1 aliphatic heterocycles. The molecule has 4 heteroatoms. The maximum absolute atomic E-state index is 10.4. The number of ether oxygens (including phenoxy) is 3. The van der Waals surface area contributed by atoms with E-state index in [2.05, 4.69) is 0 Å². The largest absolute Gasteiger partial charge is 0.507 e. The average Bonchev–Trinajstić information content (AvgIpc) is 2.61. The molecule has 0 aromatic heterocycles. The average molecular weight is 314 g/mol. The molecule has 2 aromatic carbocycles. The third-order valence-corrected chi connectivity index (χ3v) is 4.66. The molecule has 0 fully saturated rings. The molecular formula is C19H22O4. The minimum absolute atomic E-state index is 0.209. The summed E-state index contributed by atoms with van der Waals surface area (Å²) in [6.07, 6.45) is 1.43. The van der Waals surface area contributed by atoms with Crippen LogP contribution < -0.4 is 9.47 Å². The number of phenolic OH excluding ortho intramolecular Hbond substituents is 1. The number of methoxy groups -OCH3 is 2. The lowest BCUT2D eigenvalue weighted by molar-refractivity contribution is -0.184. The van der Waals surface area contributed by atoms with Crippen molar-refractivity contribution in [2.45, 2.75) is 32.5 Å². The minimum Gasteiger partial charge on any atom is -0.507 e. The summed E-state index contributed by atoms with van der Waals surface area (Å²) in [4.78, 5) is 0. The molecule has 0 bridgehead atoms. The number of fused-ring (bicyclic) bond motifs is 1. The van der Waals surface area contributed by atoms with Crippen LogP contribution in [0, 0.1) is 13.8 Å². The lowest BCUT2D eigenvalue weighted by Gasteiger charge is -2.39. The Morgan fingerprint density at radius 2 is 1.78 bits per heavy atom. The van der Waals surface area contributed by atoms with Crippen molar-refractivity contribution in [2.75, 3.05) is 14.2 Å². The van der Waals surface area contributed by atoms with E-state index in [1.807, 2.05) is 44.2 Å². The maximum Gasteiger partial charge on any atom is 0.237 e. The molecular weight excluding hydrogens is 292 g/mol. The SMILES string of the molecule is COc1c(C)c(O)c(C)c2c1CCC(OC)(c1ccccc1)O2. The van der Waals surface area contributed by atoms with Gasteiger partial charge in [-0.3, -0.25) is 0 Å². The second-order valence-corrected chi connectivity index (χ2v) is 5.86. The number of rotatable bonds is 3. The molecule has 1 heterocycles. The Kier molecular flexibility index (Phi) is 3.94. The van der Waals surface area contributed by atoms with Crippen molar-refractivity contribution < 1.29 is 19.3 Å². The van der Waals surface area contributed by atoms with Gasteiger partial charge in [0.05, 0.1) is 7.11 Å². The van der Waals surface area contributed by atoms with Gasteiger partial charge in [0.1, 0.15) is 17.2 Å². The molecule has 4 nitrogen and oxygen atoms in total. The topological polar surface area (TPSA) is 47.9 Å². The van der Waals surface area contributed by atoms with Gasteiger partial charge >= 0.3 is 0 Å². The standard InChI is InChI=1S/C19H22O4/c1-12-16(20)13(2)18-15(17(12)21-3)10-11-19(22-4,23-18)14-8-6-5-7-9-14/h5-9,20H,10-11H2,1-4H3. The molecule has 3 rings (SSSR count). The normalized spacial score (nSPS) is 19.8. The van der Waals surface area contributed by atoms with Gasteiger partial charge in [0.15, 0.2) is 0 Å². The van der Waals surface area contributed by atoms with Crippen molar-refractivity contribution in [3.8, 4) is 17.2 Å². The fourth-order valence-corrected chi connectivity index (χ4v) is 3.36. The molecule has 0 saturated heterocycles. The molecule has 0 radical (unpaired) electrons. The van der Waals surface area contributed by atoms with Gasteiger partial charge in [0.2, 0.25) is 5.79 Å². The van der Waals surface area contributed by atoms with E-state index in [1.54, 1.807) is 14.2 Å². The van der Waals surface area contributed by atoms with Gasteiger partial charge in [-0.1, -0.05) is 30.3 Å². The first kappa shape index (κ1) is 15.7. The van der Waals surface area contributed by atoms with Gasteiger partial charge in [0, 0.05) is 35.8 Å². The van der Waals surface area contributed by atoms with E-state index in [1.165, 1.54) is 0 Å². The zero-order valence-electron chi connectivity index (χ0n) is 14.0. The number of benzene rings is 2. The van der Waals surface area contributed by atoms with Gasteiger partial charge in [-0.15, -0.1) is 0 Å². The van der Waals surface area contributed by atoms with Crippen LogP contribution in [0.2, 0.25) is 0 Å². The summed E-state index contributed by atoms with van der Waals surface area (Å²) in [5.41, 5.74) is 3.42. The number of aromatic hydroxyl groups is 1. The lowest BCUT2D eigenvalue weighted by atomic mass is 9.90. The van der Waals surface area contributed by atoms with Crippen LogP contribution in [0.5, 0.6) is 17.2 Å². The molecule has 0 aliphatic carbocycles. The molecule has 1 unspecified atom stereocenters. The van der Waals surface area contributed by atoms with Crippen LogP contribution in [0.25, 0.3) is 0 Å². The lowest BCUT2D eigenvalue weighted by Crippen LogP contribution is -2.39. The van der Waals surface area contributed by atoms with Crippen LogP contribution in [0.15, 0.2) is 30.3 Å². The maximum atomic E-state index is 10.4. The molecule has 23 heavy (non-hydrogen) atoms. The quantitative estimate of drug-likeness (QED) is 0.935. The van der Waals surface area contributed by atoms with Gasteiger partial charge in [-0.25, -0.2) is 0 Å². The summed E-state index contributed by atoms with van der Waals surface area (Å²) in [5.74, 6) is 0.717. The van der Waals surface area contributed by atoms with Crippen LogP contribution >= 0.6 is 0 Å². The van der Waals surface area contributed by atoms with Crippen LogP contribution in [0.4, 0.5) is 0 Å². The van der Waals surface area contributed by atoms with Crippen molar-refractivity contribution in [2.24, 2.45) is 0 Å². The highest BCUT2D eigenvalue weighted by Crippen LogP contribution is 2.49. The van der Waals surface area contributed by atoms with Crippen LogP contribution in [-0.4, -0.2) is 19.3 Å². The molecule has 1 N–H and O–H groups in total. The summed E-state index contributed by atoms with van der Waals surface area (Å²) in [7, 11) is 3.27. The Labute approximate surface area is 136 Å². The summed E-state index contributed by atoms with van der Waals surface area (Å²) >= 11 is 0. The second-order valence-electron chi connectivity index (χ2n) is 5.86. The second kappa shape index (κ2) is 5.78. The van der Waals surface area contributed by atoms with Crippen LogP contribution in [0.3, 0.4) is 0 Å². The number of phenols is 1. The molecule has 2 aromatic rings. The van der Waals surface area contributed by atoms with E-state index < -0.39 is 5.79 Å². The third-order valence-electron chi connectivity index (χ3n) is 4.66. The molecule has 0 spiro atoms. The molecule has 1 aliphatic rings. The number of hydrogen-bond acceptors (Lipinski definition) is 4. The first-order valence-corrected chi connectivity index (χ1v) is 7.72. The van der Waals surface area contributed by atoms with Crippen molar-refractivity contribution in [1.29, 1.82) is 0 Å². The van der Waals surface area contributed by atoms with Crippen molar-refractivity contribution >= 4 is 0 Å². The predicted molar refractivity (Wildman–Crippen MR) is 88.2 cm³/mol. The van der Waals surface area contributed by atoms with Crippen LogP contribution in [0.1, 0.15) is 28.7 Å². The Morgan fingerprint density at radius 1 is 1.09 bits per heavy atom. The minimum atomic E-state index is -0.842. The van der Waals surface area contributed by atoms with Crippen molar-refractivity contribution in [3.63, 3.8) is 0 Å². The smallest absolute Gasteiger partial charge is 0.237 e. The summed E-state index contributed by atoms with van der Waals surface area (Å²) in [6, 6.07) is 9.89. The highest BCUT2D eigenvalue weighted by atomic mass is 16.7. The number of hydrogen-bond donors (Lipinski definition) is 1.